The molecule has 0 aliphatic heterocycles. The molecule has 6 heteroatoms. The smallest absolute Gasteiger partial charge is 0.161 e. The molecule has 13 aromatic rings. The first-order valence-corrected chi connectivity index (χ1v) is 24.3. The summed E-state index contributed by atoms with van der Waals surface area (Å²) in [5.41, 5.74) is 15.2. The number of thiophene rings is 2. The van der Waals surface area contributed by atoms with E-state index in [1.807, 2.05) is 12.1 Å². The molecule has 318 valence electrons. The van der Waals surface area contributed by atoms with Crippen LogP contribution in [0.25, 0.3) is 130 Å². The molecule has 0 aliphatic rings. The third kappa shape index (κ3) is 7.24. The van der Waals surface area contributed by atoms with Gasteiger partial charge in [0.1, 0.15) is 9.66 Å². The minimum atomic E-state index is 0.726. The monoisotopic (exact) mass is 902 g/mol. The molecular weight excluding hydrogens is 865 g/mol. The first-order chi connectivity index (χ1) is 33.7. The molecule has 0 fully saturated rings. The molecule has 0 radical (unpaired) electrons. The lowest BCUT2D eigenvalue weighted by molar-refractivity contribution is 1.24. The second kappa shape index (κ2) is 16.8. The minimum Gasteiger partial charge on any atom is -0.227 e. The number of hydrogen-bond donors (Lipinski definition) is 0. The highest BCUT2D eigenvalue weighted by Gasteiger charge is 2.19. The molecule has 0 unspecified atom stereocenters. The highest BCUT2D eigenvalue weighted by atomic mass is 32.1. The van der Waals surface area contributed by atoms with Crippen LogP contribution in [0.5, 0.6) is 0 Å². The van der Waals surface area contributed by atoms with Crippen molar-refractivity contribution in [1.29, 1.82) is 0 Å². The van der Waals surface area contributed by atoms with Crippen molar-refractivity contribution < 1.29 is 0 Å². The Morgan fingerprint density at radius 2 is 0.544 bits per heavy atom. The summed E-state index contributed by atoms with van der Waals surface area (Å²) in [6.45, 7) is 0. The van der Waals surface area contributed by atoms with Crippen LogP contribution < -0.4 is 0 Å². The van der Waals surface area contributed by atoms with Crippen LogP contribution in [-0.2, 0) is 0 Å². The Balaban J connectivity index is 0.811. The van der Waals surface area contributed by atoms with Gasteiger partial charge in [-0.05, 0) is 68.8 Å². The average molecular weight is 903 g/mol. The first-order valence-electron chi connectivity index (χ1n) is 22.7. The van der Waals surface area contributed by atoms with Gasteiger partial charge in [0.2, 0.25) is 0 Å². The maximum Gasteiger partial charge on any atom is 0.161 e. The Bertz CT molecular complexity index is 3730. The SMILES string of the molecule is c1ccc(-c2cccc(-c3nc(-c4ccc(-c5ccc(-c6ccc(-c7nc(-c8cccc(-c9ccccc9)c8)nc8sc9ccccc9c78)cc6)cc5)cc4)c4c(n3)sc3ccccc34)c2)cc1. The van der Waals surface area contributed by atoms with Gasteiger partial charge in [-0.1, -0.05) is 206 Å². The molecule has 68 heavy (non-hydrogen) atoms. The summed E-state index contributed by atoms with van der Waals surface area (Å²) < 4.78 is 2.41. The van der Waals surface area contributed by atoms with E-state index >= 15 is 0 Å². The zero-order valence-corrected chi connectivity index (χ0v) is 38.2. The Morgan fingerprint density at radius 3 is 0.941 bits per heavy atom. The summed E-state index contributed by atoms with van der Waals surface area (Å²) in [5.74, 6) is 1.45. The van der Waals surface area contributed by atoms with Gasteiger partial charge in [0.05, 0.1) is 11.4 Å². The lowest BCUT2D eigenvalue weighted by atomic mass is 9.97. The summed E-state index contributed by atoms with van der Waals surface area (Å²) in [4.78, 5) is 23.0. The summed E-state index contributed by atoms with van der Waals surface area (Å²) in [6.07, 6.45) is 0. The molecule has 13 rings (SSSR count). The Hall–Kier alpha value is -8.42. The Labute approximate surface area is 401 Å². The average Bonchev–Trinajstić information content (AvgIpc) is 4.00. The molecular formula is C62H38N4S2. The van der Waals surface area contributed by atoms with Gasteiger partial charge >= 0.3 is 0 Å². The van der Waals surface area contributed by atoms with Gasteiger partial charge in [-0.3, -0.25) is 0 Å². The van der Waals surface area contributed by atoms with Crippen molar-refractivity contribution in [1.82, 2.24) is 19.9 Å². The highest BCUT2D eigenvalue weighted by Crippen LogP contribution is 2.42. The van der Waals surface area contributed by atoms with Gasteiger partial charge in [-0.15, -0.1) is 22.7 Å². The molecule has 0 bridgehead atoms. The Morgan fingerprint density at radius 1 is 0.235 bits per heavy atom. The fourth-order valence-corrected chi connectivity index (χ4v) is 11.5. The van der Waals surface area contributed by atoms with Crippen LogP contribution in [0.1, 0.15) is 0 Å². The van der Waals surface area contributed by atoms with Crippen molar-refractivity contribution in [2.24, 2.45) is 0 Å². The van der Waals surface area contributed by atoms with Crippen LogP contribution in [-0.4, -0.2) is 19.9 Å². The van der Waals surface area contributed by atoms with Crippen molar-refractivity contribution in [2.75, 3.05) is 0 Å². The van der Waals surface area contributed by atoms with Crippen molar-refractivity contribution in [2.45, 2.75) is 0 Å². The molecule has 0 amide bonds. The van der Waals surface area contributed by atoms with E-state index in [1.165, 1.54) is 31.3 Å². The molecule has 0 aliphatic carbocycles. The number of fused-ring (bicyclic) bond motifs is 6. The fraction of sp³-hybridized carbons (Fsp3) is 0. The molecule has 0 N–H and O–H groups in total. The van der Waals surface area contributed by atoms with Crippen LogP contribution in [0.3, 0.4) is 0 Å². The van der Waals surface area contributed by atoms with Gasteiger partial charge in [-0.25, -0.2) is 19.9 Å². The van der Waals surface area contributed by atoms with Gasteiger partial charge in [0.25, 0.3) is 0 Å². The maximum atomic E-state index is 5.32. The second-order valence-electron chi connectivity index (χ2n) is 17.0. The largest absolute Gasteiger partial charge is 0.227 e. The van der Waals surface area contributed by atoms with Crippen molar-refractivity contribution in [3.8, 4) is 89.8 Å². The quantitative estimate of drug-likeness (QED) is 0.152. The number of aromatic nitrogens is 4. The summed E-state index contributed by atoms with van der Waals surface area (Å²) >= 11 is 3.45. The number of rotatable bonds is 8. The molecule has 0 saturated carbocycles. The number of hydrogen-bond acceptors (Lipinski definition) is 6. The van der Waals surface area contributed by atoms with Gasteiger partial charge in [0.15, 0.2) is 11.6 Å². The number of benzene rings is 9. The molecule has 0 saturated heterocycles. The minimum absolute atomic E-state index is 0.726. The van der Waals surface area contributed by atoms with Gasteiger partial charge in [0, 0.05) is 53.2 Å². The van der Waals surface area contributed by atoms with Crippen LogP contribution in [0.2, 0.25) is 0 Å². The summed E-state index contributed by atoms with van der Waals surface area (Å²) in [5, 5.41) is 4.55. The predicted molar refractivity (Wildman–Crippen MR) is 287 cm³/mol. The van der Waals surface area contributed by atoms with E-state index in [0.717, 1.165) is 99.1 Å². The van der Waals surface area contributed by atoms with Crippen molar-refractivity contribution in [3.05, 3.63) is 231 Å². The van der Waals surface area contributed by atoms with Crippen LogP contribution >= 0.6 is 22.7 Å². The van der Waals surface area contributed by atoms with E-state index in [4.69, 9.17) is 19.9 Å². The normalized spacial score (nSPS) is 11.5. The van der Waals surface area contributed by atoms with E-state index in [-0.39, 0.29) is 0 Å². The predicted octanol–water partition coefficient (Wildman–Crippen LogP) is 17.3. The Kier molecular flexibility index (Phi) is 9.85. The second-order valence-corrected chi connectivity index (χ2v) is 19.0. The van der Waals surface area contributed by atoms with Crippen LogP contribution in [0.4, 0.5) is 0 Å². The molecule has 4 aromatic heterocycles. The standard InChI is InChI=1S/C62H38N4S2/c1-3-13-39(14-4-1)47-17-11-19-49(37-47)59-63-57(55-51-21-7-9-23-53(51)67-61(55)65-59)45-33-29-43(30-34-45)41-25-27-42(28-26-41)44-31-35-46(36-32-44)58-56-52-22-8-10-24-54(52)68-62(56)66-60(64-58)50-20-12-18-48(38-50)40-15-5-2-6-16-40/h1-38H. The first kappa shape index (κ1) is 39.9. The number of nitrogens with zero attached hydrogens (tertiary/aromatic N) is 4. The van der Waals surface area contributed by atoms with Crippen LogP contribution in [0, 0.1) is 0 Å². The van der Waals surface area contributed by atoms with Crippen molar-refractivity contribution in [3.63, 3.8) is 0 Å². The molecule has 4 heterocycles. The molecule has 9 aromatic carbocycles. The fourth-order valence-electron chi connectivity index (χ4n) is 9.36. The summed E-state index contributed by atoms with van der Waals surface area (Å²) in [6, 6.07) is 81.6. The van der Waals surface area contributed by atoms with Gasteiger partial charge < -0.3 is 0 Å². The topological polar surface area (TPSA) is 51.6 Å². The lowest BCUT2D eigenvalue weighted by Crippen LogP contribution is -1.94. The highest BCUT2D eigenvalue weighted by molar-refractivity contribution is 7.26. The molecule has 4 nitrogen and oxygen atoms in total. The van der Waals surface area contributed by atoms with E-state index in [9.17, 15) is 0 Å². The third-order valence-electron chi connectivity index (χ3n) is 12.8. The zero-order valence-electron chi connectivity index (χ0n) is 36.5. The van der Waals surface area contributed by atoms with Crippen molar-refractivity contribution >= 4 is 63.3 Å². The lowest BCUT2D eigenvalue weighted by Gasteiger charge is -2.11. The van der Waals surface area contributed by atoms with Crippen LogP contribution in [0.15, 0.2) is 231 Å². The molecule has 0 atom stereocenters. The molecule has 0 spiro atoms. The van der Waals surface area contributed by atoms with E-state index < -0.39 is 0 Å². The van der Waals surface area contributed by atoms with E-state index in [0.29, 0.717) is 0 Å². The van der Waals surface area contributed by atoms with E-state index in [2.05, 4.69) is 218 Å². The summed E-state index contributed by atoms with van der Waals surface area (Å²) in [7, 11) is 0. The third-order valence-corrected chi connectivity index (χ3v) is 14.9. The van der Waals surface area contributed by atoms with Gasteiger partial charge in [-0.2, -0.15) is 0 Å². The van der Waals surface area contributed by atoms with E-state index in [1.54, 1.807) is 22.7 Å². The maximum absolute atomic E-state index is 5.32. The zero-order chi connectivity index (χ0) is 45.0.